The predicted molar refractivity (Wildman–Crippen MR) is 73.7 cm³/mol. The van der Waals surface area contributed by atoms with Crippen molar-refractivity contribution in [2.75, 3.05) is 12.3 Å². The normalized spacial score (nSPS) is 11.4. The molecule has 1 aromatic heterocycles. The lowest BCUT2D eigenvalue weighted by atomic mass is 10.1. The van der Waals surface area contributed by atoms with Gasteiger partial charge in [0.05, 0.1) is 0 Å². The molecule has 0 aliphatic heterocycles. The smallest absolute Gasteiger partial charge is 0.127 e. The summed E-state index contributed by atoms with van der Waals surface area (Å²) in [6.07, 6.45) is 5.57. The molecule has 0 aliphatic carbocycles. The van der Waals surface area contributed by atoms with E-state index < -0.39 is 0 Å². The number of nitrogen functional groups attached to an aromatic ring is 1. The first-order valence-corrected chi connectivity index (χ1v) is 6.58. The Kier molecular flexibility index (Phi) is 5.98. The van der Waals surface area contributed by atoms with Gasteiger partial charge in [-0.05, 0) is 32.9 Å². The molecule has 1 heterocycles. The van der Waals surface area contributed by atoms with Crippen LogP contribution in [0.15, 0.2) is 18.3 Å². The van der Waals surface area contributed by atoms with Crippen molar-refractivity contribution in [1.82, 2.24) is 9.88 Å². The summed E-state index contributed by atoms with van der Waals surface area (Å²) >= 11 is 0. The van der Waals surface area contributed by atoms with Gasteiger partial charge >= 0.3 is 0 Å². The molecule has 0 fully saturated rings. The van der Waals surface area contributed by atoms with Crippen LogP contribution < -0.4 is 5.73 Å². The van der Waals surface area contributed by atoms with Crippen LogP contribution in [0.2, 0.25) is 0 Å². The summed E-state index contributed by atoms with van der Waals surface area (Å²) in [4.78, 5) is 6.60. The number of aromatic nitrogens is 1. The van der Waals surface area contributed by atoms with Crippen LogP contribution >= 0.6 is 0 Å². The number of nitrogens with two attached hydrogens (primary N) is 1. The fourth-order valence-electron chi connectivity index (χ4n) is 1.89. The average molecular weight is 235 g/mol. The number of unbranched alkanes of at least 4 members (excludes halogenated alkanes) is 2. The molecule has 0 saturated heterocycles. The van der Waals surface area contributed by atoms with Crippen LogP contribution in [0.25, 0.3) is 0 Å². The van der Waals surface area contributed by atoms with Crippen molar-refractivity contribution in [3.8, 4) is 0 Å². The maximum absolute atomic E-state index is 5.89. The maximum Gasteiger partial charge on any atom is 0.127 e. The Bertz CT molecular complexity index is 323. The zero-order chi connectivity index (χ0) is 12.7. The van der Waals surface area contributed by atoms with E-state index in [2.05, 4.69) is 36.7 Å². The molecule has 0 atom stereocenters. The monoisotopic (exact) mass is 235 g/mol. The van der Waals surface area contributed by atoms with Crippen molar-refractivity contribution >= 4 is 5.82 Å². The van der Waals surface area contributed by atoms with Gasteiger partial charge < -0.3 is 5.73 Å². The molecule has 1 aromatic rings. The van der Waals surface area contributed by atoms with E-state index >= 15 is 0 Å². The first kappa shape index (κ1) is 14.0. The molecular weight excluding hydrogens is 210 g/mol. The number of nitrogens with zero attached hydrogens (tertiary/aromatic N) is 2. The molecule has 0 aromatic carbocycles. The summed E-state index contributed by atoms with van der Waals surface area (Å²) in [6.45, 7) is 8.75. The third-order valence-electron chi connectivity index (χ3n) is 3.08. The average Bonchev–Trinajstić information content (AvgIpc) is 2.30. The number of rotatable bonds is 7. The molecule has 0 unspecified atom stereocenters. The van der Waals surface area contributed by atoms with Crippen molar-refractivity contribution in [2.45, 2.75) is 52.6 Å². The number of hydrogen-bond acceptors (Lipinski definition) is 3. The summed E-state index contributed by atoms with van der Waals surface area (Å²) in [5.74, 6) is 0.661. The van der Waals surface area contributed by atoms with Gasteiger partial charge in [0.2, 0.25) is 0 Å². The highest BCUT2D eigenvalue weighted by Crippen LogP contribution is 2.13. The molecule has 2 N–H and O–H groups in total. The van der Waals surface area contributed by atoms with E-state index in [1.54, 1.807) is 6.20 Å². The SMILES string of the molecule is CCCCCN(Cc1cccnc1N)C(C)C. The Morgan fingerprint density at radius 2 is 2.12 bits per heavy atom. The minimum Gasteiger partial charge on any atom is -0.383 e. The van der Waals surface area contributed by atoms with Gasteiger partial charge in [0.15, 0.2) is 0 Å². The van der Waals surface area contributed by atoms with E-state index in [4.69, 9.17) is 5.73 Å². The molecule has 17 heavy (non-hydrogen) atoms. The minimum absolute atomic E-state index is 0.548. The lowest BCUT2D eigenvalue weighted by Crippen LogP contribution is -2.31. The first-order valence-electron chi connectivity index (χ1n) is 6.58. The zero-order valence-corrected chi connectivity index (χ0v) is 11.3. The molecule has 0 radical (unpaired) electrons. The van der Waals surface area contributed by atoms with Crippen molar-refractivity contribution in [2.24, 2.45) is 0 Å². The molecule has 0 spiro atoms. The Hall–Kier alpha value is -1.09. The Labute approximate surface area is 105 Å². The second-order valence-corrected chi connectivity index (χ2v) is 4.82. The molecule has 0 bridgehead atoms. The highest BCUT2D eigenvalue weighted by molar-refractivity contribution is 5.38. The van der Waals surface area contributed by atoms with E-state index in [-0.39, 0.29) is 0 Å². The molecule has 0 saturated carbocycles. The second-order valence-electron chi connectivity index (χ2n) is 4.82. The fourth-order valence-corrected chi connectivity index (χ4v) is 1.89. The van der Waals surface area contributed by atoms with Crippen LogP contribution in [0.3, 0.4) is 0 Å². The van der Waals surface area contributed by atoms with Crippen molar-refractivity contribution in [3.63, 3.8) is 0 Å². The molecule has 1 rings (SSSR count). The largest absolute Gasteiger partial charge is 0.383 e. The van der Waals surface area contributed by atoms with Crippen LogP contribution in [0.5, 0.6) is 0 Å². The van der Waals surface area contributed by atoms with Gasteiger partial charge in [0, 0.05) is 24.3 Å². The maximum atomic E-state index is 5.89. The summed E-state index contributed by atoms with van der Waals surface area (Å²) in [7, 11) is 0. The highest BCUT2D eigenvalue weighted by atomic mass is 15.1. The summed E-state index contributed by atoms with van der Waals surface area (Å²) in [5, 5.41) is 0. The topological polar surface area (TPSA) is 42.2 Å². The van der Waals surface area contributed by atoms with Gasteiger partial charge in [-0.15, -0.1) is 0 Å². The third-order valence-corrected chi connectivity index (χ3v) is 3.08. The first-order chi connectivity index (χ1) is 8.15. The van der Waals surface area contributed by atoms with E-state index in [0.29, 0.717) is 11.9 Å². The van der Waals surface area contributed by atoms with E-state index in [1.807, 2.05) is 6.07 Å². The minimum atomic E-state index is 0.548. The highest BCUT2D eigenvalue weighted by Gasteiger charge is 2.11. The van der Waals surface area contributed by atoms with Crippen LogP contribution in [-0.4, -0.2) is 22.5 Å². The van der Waals surface area contributed by atoms with Gasteiger partial charge in [-0.25, -0.2) is 4.98 Å². The Morgan fingerprint density at radius 3 is 2.71 bits per heavy atom. The fraction of sp³-hybridized carbons (Fsp3) is 0.643. The summed E-state index contributed by atoms with van der Waals surface area (Å²) in [5.41, 5.74) is 7.02. The molecular formula is C14H25N3. The number of hydrogen-bond donors (Lipinski definition) is 1. The quantitative estimate of drug-likeness (QED) is 0.739. The second kappa shape index (κ2) is 7.28. The van der Waals surface area contributed by atoms with Gasteiger partial charge in [0.25, 0.3) is 0 Å². The number of anilines is 1. The van der Waals surface area contributed by atoms with Crippen LogP contribution in [0.1, 0.15) is 45.6 Å². The Morgan fingerprint density at radius 1 is 1.35 bits per heavy atom. The van der Waals surface area contributed by atoms with Gasteiger partial charge in [-0.3, -0.25) is 4.90 Å². The summed E-state index contributed by atoms with van der Waals surface area (Å²) < 4.78 is 0. The lowest BCUT2D eigenvalue weighted by Gasteiger charge is -2.26. The molecule has 3 heteroatoms. The van der Waals surface area contributed by atoms with Crippen LogP contribution in [0, 0.1) is 0 Å². The predicted octanol–water partition coefficient (Wildman–Crippen LogP) is 3.06. The van der Waals surface area contributed by atoms with Crippen molar-refractivity contribution in [1.29, 1.82) is 0 Å². The van der Waals surface area contributed by atoms with Gasteiger partial charge in [0.1, 0.15) is 5.82 Å². The van der Waals surface area contributed by atoms with Gasteiger partial charge in [-0.1, -0.05) is 25.8 Å². The third kappa shape index (κ3) is 4.73. The van der Waals surface area contributed by atoms with Gasteiger partial charge in [-0.2, -0.15) is 0 Å². The molecule has 3 nitrogen and oxygen atoms in total. The Balaban J connectivity index is 2.57. The number of pyridine rings is 1. The van der Waals surface area contributed by atoms with Crippen LogP contribution in [0.4, 0.5) is 5.82 Å². The molecule has 0 aliphatic rings. The van der Waals surface area contributed by atoms with Crippen molar-refractivity contribution in [3.05, 3.63) is 23.9 Å². The van der Waals surface area contributed by atoms with E-state index in [0.717, 1.165) is 18.7 Å². The van der Waals surface area contributed by atoms with E-state index in [9.17, 15) is 0 Å². The van der Waals surface area contributed by atoms with E-state index in [1.165, 1.54) is 19.3 Å². The lowest BCUT2D eigenvalue weighted by molar-refractivity contribution is 0.208. The summed E-state index contributed by atoms with van der Waals surface area (Å²) in [6, 6.07) is 4.57. The standard InChI is InChI=1S/C14H25N3/c1-4-5-6-10-17(12(2)3)11-13-8-7-9-16-14(13)15/h7-9,12H,4-6,10-11H2,1-3H3,(H2,15,16). The molecule has 96 valence electrons. The van der Waals surface area contributed by atoms with Crippen molar-refractivity contribution < 1.29 is 0 Å². The molecule has 0 amide bonds. The zero-order valence-electron chi connectivity index (χ0n) is 11.3. The van der Waals surface area contributed by atoms with Crippen LogP contribution in [-0.2, 0) is 6.54 Å².